The second-order valence-corrected chi connectivity index (χ2v) is 6.01. The maximum atomic E-state index is 5.43. The van der Waals surface area contributed by atoms with E-state index in [1.54, 1.807) is 0 Å². The van der Waals surface area contributed by atoms with Gasteiger partial charge in [-0.05, 0) is 50.5 Å². The van der Waals surface area contributed by atoms with Crippen molar-refractivity contribution in [3.05, 3.63) is 29.3 Å². The highest BCUT2D eigenvalue weighted by Gasteiger charge is 2.13. The molecule has 1 fully saturated rings. The molecule has 1 aromatic rings. The number of thiocarbonyl (C=S) groups is 1. The van der Waals surface area contributed by atoms with Gasteiger partial charge in [-0.25, -0.2) is 0 Å². The van der Waals surface area contributed by atoms with Crippen LogP contribution in [-0.4, -0.2) is 11.2 Å². The van der Waals surface area contributed by atoms with Crippen LogP contribution >= 0.6 is 12.2 Å². The van der Waals surface area contributed by atoms with Gasteiger partial charge in [0.1, 0.15) is 0 Å². The summed E-state index contributed by atoms with van der Waals surface area (Å²) >= 11 is 5.43. The standard InChI is InChI=1S/C16H24N2S/c1-12-9-10-15(13(2)11-12)18-16(19)17-14-7-5-3-4-6-8-14/h9-11,14H,3-8H2,1-2H3,(H2,17,18,19). The lowest BCUT2D eigenvalue weighted by Gasteiger charge is -2.19. The molecule has 19 heavy (non-hydrogen) atoms. The van der Waals surface area contributed by atoms with Gasteiger partial charge in [0.05, 0.1) is 0 Å². The van der Waals surface area contributed by atoms with Gasteiger partial charge in [0.25, 0.3) is 0 Å². The van der Waals surface area contributed by atoms with E-state index in [1.165, 1.54) is 49.7 Å². The van der Waals surface area contributed by atoms with Crippen molar-refractivity contribution in [2.24, 2.45) is 0 Å². The SMILES string of the molecule is Cc1ccc(NC(=S)NC2CCCCCC2)c(C)c1. The molecule has 0 saturated heterocycles. The van der Waals surface area contributed by atoms with Crippen molar-refractivity contribution >= 4 is 23.0 Å². The molecule has 2 N–H and O–H groups in total. The van der Waals surface area contributed by atoms with E-state index >= 15 is 0 Å². The van der Waals surface area contributed by atoms with E-state index in [4.69, 9.17) is 12.2 Å². The van der Waals surface area contributed by atoms with Crippen LogP contribution in [0.3, 0.4) is 0 Å². The molecule has 2 nitrogen and oxygen atoms in total. The molecular weight excluding hydrogens is 252 g/mol. The van der Waals surface area contributed by atoms with E-state index in [0.717, 1.165) is 10.8 Å². The predicted octanol–water partition coefficient (Wildman–Crippen LogP) is 4.31. The lowest BCUT2D eigenvalue weighted by atomic mass is 10.1. The van der Waals surface area contributed by atoms with Gasteiger partial charge in [-0.1, -0.05) is 43.4 Å². The molecule has 0 aromatic heterocycles. The molecular formula is C16H24N2S. The molecule has 2 rings (SSSR count). The van der Waals surface area contributed by atoms with Gasteiger partial charge in [0.2, 0.25) is 0 Å². The summed E-state index contributed by atoms with van der Waals surface area (Å²) in [5.74, 6) is 0. The Hall–Kier alpha value is -1.09. The van der Waals surface area contributed by atoms with Gasteiger partial charge in [-0.2, -0.15) is 0 Å². The molecule has 0 unspecified atom stereocenters. The van der Waals surface area contributed by atoms with E-state index < -0.39 is 0 Å². The Morgan fingerprint density at radius 3 is 2.42 bits per heavy atom. The highest BCUT2D eigenvalue weighted by Crippen LogP contribution is 2.18. The zero-order chi connectivity index (χ0) is 13.7. The molecule has 1 aliphatic rings. The summed E-state index contributed by atoms with van der Waals surface area (Å²) in [5, 5.41) is 7.56. The van der Waals surface area contributed by atoms with Gasteiger partial charge in [-0.3, -0.25) is 0 Å². The largest absolute Gasteiger partial charge is 0.360 e. The fourth-order valence-corrected chi connectivity index (χ4v) is 3.00. The highest BCUT2D eigenvalue weighted by atomic mass is 32.1. The van der Waals surface area contributed by atoms with Crippen LogP contribution in [0.4, 0.5) is 5.69 Å². The fourth-order valence-electron chi connectivity index (χ4n) is 2.72. The highest BCUT2D eigenvalue weighted by molar-refractivity contribution is 7.80. The zero-order valence-electron chi connectivity index (χ0n) is 12.0. The molecule has 0 bridgehead atoms. The summed E-state index contributed by atoms with van der Waals surface area (Å²) in [7, 11) is 0. The molecule has 0 radical (unpaired) electrons. The summed E-state index contributed by atoms with van der Waals surface area (Å²) in [6.45, 7) is 4.22. The van der Waals surface area contributed by atoms with Crippen LogP contribution < -0.4 is 10.6 Å². The second kappa shape index (κ2) is 6.90. The molecule has 0 spiro atoms. The number of aryl methyl sites for hydroxylation is 2. The van der Waals surface area contributed by atoms with Crippen molar-refractivity contribution in [3.63, 3.8) is 0 Å². The normalized spacial score (nSPS) is 16.7. The van der Waals surface area contributed by atoms with Crippen LogP contribution in [0.15, 0.2) is 18.2 Å². The van der Waals surface area contributed by atoms with Crippen molar-refractivity contribution in [2.45, 2.75) is 58.4 Å². The number of anilines is 1. The molecule has 1 aromatic carbocycles. The Morgan fingerprint density at radius 1 is 1.11 bits per heavy atom. The summed E-state index contributed by atoms with van der Waals surface area (Å²) < 4.78 is 0. The van der Waals surface area contributed by atoms with Crippen molar-refractivity contribution in [3.8, 4) is 0 Å². The molecule has 1 saturated carbocycles. The van der Waals surface area contributed by atoms with Crippen molar-refractivity contribution in [1.82, 2.24) is 5.32 Å². The summed E-state index contributed by atoms with van der Waals surface area (Å²) in [4.78, 5) is 0. The Labute approximate surface area is 122 Å². The van der Waals surface area contributed by atoms with Crippen molar-refractivity contribution < 1.29 is 0 Å². The fraction of sp³-hybridized carbons (Fsp3) is 0.562. The van der Waals surface area contributed by atoms with E-state index in [-0.39, 0.29) is 0 Å². The molecule has 0 atom stereocenters. The van der Waals surface area contributed by atoms with Crippen molar-refractivity contribution in [2.75, 3.05) is 5.32 Å². The molecule has 104 valence electrons. The molecule has 0 heterocycles. The predicted molar refractivity (Wildman–Crippen MR) is 86.8 cm³/mol. The Bertz CT molecular complexity index is 434. The van der Waals surface area contributed by atoms with E-state index in [0.29, 0.717) is 6.04 Å². The van der Waals surface area contributed by atoms with Crippen LogP contribution in [0.5, 0.6) is 0 Å². The topological polar surface area (TPSA) is 24.1 Å². The lowest BCUT2D eigenvalue weighted by molar-refractivity contribution is 0.535. The van der Waals surface area contributed by atoms with Crippen LogP contribution in [0.1, 0.15) is 49.7 Å². The smallest absolute Gasteiger partial charge is 0.171 e. The summed E-state index contributed by atoms with van der Waals surface area (Å²) in [5.41, 5.74) is 3.63. The van der Waals surface area contributed by atoms with Crippen LogP contribution in [0.2, 0.25) is 0 Å². The monoisotopic (exact) mass is 276 g/mol. The van der Waals surface area contributed by atoms with Gasteiger partial charge >= 0.3 is 0 Å². The molecule has 1 aliphatic carbocycles. The first-order valence-electron chi connectivity index (χ1n) is 7.30. The Morgan fingerprint density at radius 2 is 1.79 bits per heavy atom. The molecule has 0 amide bonds. The lowest BCUT2D eigenvalue weighted by Crippen LogP contribution is -2.37. The molecule has 0 aliphatic heterocycles. The Kier molecular flexibility index (Phi) is 5.20. The minimum atomic E-state index is 0.549. The average Bonchev–Trinajstić information content (AvgIpc) is 2.61. The van der Waals surface area contributed by atoms with Crippen LogP contribution in [-0.2, 0) is 0 Å². The quantitative estimate of drug-likeness (QED) is 0.621. The van der Waals surface area contributed by atoms with Gasteiger partial charge in [-0.15, -0.1) is 0 Å². The van der Waals surface area contributed by atoms with E-state index in [2.05, 4.69) is 42.7 Å². The second-order valence-electron chi connectivity index (χ2n) is 5.61. The summed E-state index contributed by atoms with van der Waals surface area (Å²) in [6, 6.07) is 6.94. The first-order chi connectivity index (χ1) is 9.15. The average molecular weight is 276 g/mol. The number of nitrogens with one attached hydrogen (secondary N) is 2. The van der Waals surface area contributed by atoms with E-state index in [1.807, 2.05) is 0 Å². The first-order valence-corrected chi connectivity index (χ1v) is 7.71. The third-order valence-electron chi connectivity index (χ3n) is 3.82. The number of hydrogen-bond donors (Lipinski definition) is 2. The minimum absolute atomic E-state index is 0.549. The number of benzene rings is 1. The third kappa shape index (κ3) is 4.50. The van der Waals surface area contributed by atoms with Crippen LogP contribution in [0, 0.1) is 13.8 Å². The molecule has 3 heteroatoms. The van der Waals surface area contributed by atoms with Gasteiger partial charge in [0.15, 0.2) is 5.11 Å². The first kappa shape index (κ1) is 14.3. The zero-order valence-corrected chi connectivity index (χ0v) is 12.8. The number of rotatable bonds is 2. The van der Waals surface area contributed by atoms with Gasteiger partial charge < -0.3 is 10.6 Å². The van der Waals surface area contributed by atoms with Crippen molar-refractivity contribution in [1.29, 1.82) is 0 Å². The summed E-state index contributed by atoms with van der Waals surface area (Å²) in [6.07, 6.45) is 7.88. The van der Waals surface area contributed by atoms with Crippen LogP contribution in [0.25, 0.3) is 0 Å². The third-order valence-corrected chi connectivity index (χ3v) is 4.04. The number of hydrogen-bond acceptors (Lipinski definition) is 1. The van der Waals surface area contributed by atoms with E-state index in [9.17, 15) is 0 Å². The maximum absolute atomic E-state index is 5.43. The van der Waals surface area contributed by atoms with Gasteiger partial charge in [0, 0.05) is 11.7 Å². The maximum Gasteiger partial charge on any atom is 0.171 e. The Balaban J connectivity index is 1.89. The minimum Gasteiger partial charge on any atom is -0.360 e.